The van der Waals surface area contributed by atoms with Crippen molar-refractivity contribution in [3.8, 4) is 0 Å². The highest BCUT2D eigenvalue weighted by molar-refractivity contribution is 5.71. The quantitative estimate of drug-likeness (QED) is 0.0261. The van der Waals surface area contributed by atoms with Gasteiger partial charge in [-0.2, -0.15) is 0 Å². The average molecular weight is 1120 g/mol. The van der Waals surface area contributed by atoms with Crippen LogP contribution >= 0.6 is 0 Å². The molecule has 0 fully saturated rings. The van der Waals surface area contributed by atoms with Crippen molar-refractivity contribution >= 4 is 17.9 Å². The Hall–Kier alpha value is -3.41. The minimum absolute atomic E-state index is 0.0805. The van der Waals surface area contributed by atoms with Crippen LogP contribution in [0, 0.1) is 0 Å². The number of rotatable bonds is 63. The van der Waals surface area contributed by atoms with Gasteiger partial charge in [0.15, 0.2) is 6.10 Å². The predicted octanol–water partition coefficient (Wildman–Crippen LogP) is 23.8. The second kappa shape index (κ2) is 68.1. The van der Waals surface area contributed by atoms with Crippen molar-refractivity contribution in [1.82, 2.24) is 0 Å². The van der Waals surface area contributed by atoms with E-state index in [1.807, 2.05) is 0 Å². The molecule has 0 bridgehead atoms. The number of carbonyl (C=O) groups excluding carboxylic acids is 3. The number of allylic oxidation sites excluding steroid dienone is 14. The Morgan fingerprint density at radius 3 is 0.762 bits per heavy atom. The molecule has 0 aromatic heterocycles. The number of carbonyl (C=O) groups is 3. The highest BCUT2D eigenvalue weighted by Gasteiger charge is 2.19. The lowest BCUT2D eigenvalue weighted by Gasteiger charge is -2.18. The van der Waals surface area contributed by atoms with E-state index in [9.17, 15) is 14.4 Å². The first-order valence-corrected chi connectivity index (χ1v) is 34.6. The van der Waals surface area contributed by atoms with Gasteiger partial charge in [-0.1, -0.05) is 318 Å². The highest BCUT2D eigenvalue weighted by Crippen LogP contribution is 2.17. The molecule has 0 spiro atoms. The zero-order valence-corrected chi connectivity index (χ0v) is 53.1. The molecule has 0 N–H and O–H groups in total. The molecule has 1 atom stereocenters. The molecule has 0 radical (unpaired) electrons. The summed E-state index contributed by atoms with van der Waals surface area (Å²) >= 11 is 0. The van der Waals surface area contributed by atoms with Gasteiger partial charge in [-0.25, -0.2) is 0 Å². The highest BCUT2D eigenvalue weighted by atomic mass is 16.6. The maximum atomic E-state index is 12.9. The van der Waals surface area contributed by atoms with Crippen LogP contribution in [0.15, 0.2) is 85.1 Å². The van der Waals surface area contributed by atoms with E-state index in [0.29, 0.717) is 19.3 Å². The Morgan fingerprint density at radius 1 is 0.263 bits per heavy atom. The third-order valence-electron chi connectivity index (χ3n) is 15.1. The van der Waals surface area contributed by atoms with Crippen LogP contribution in [0.25, 0.3) is 0 Å². The molecule has 0 aliphatic rings. The summed E-state index contributed by atoms with van der Waals surface area (Å²) in [4.78, 5) is 38.5. The standard InChI is InChI=1S/C74H130O6/c1-4-7-10-13-16-19-22-25-28-31-34-35-36-37-38-39-41-43-46-49-52-55-58-61-64-67-73(76)79-70-71(69-78-72(75)66-63-60-57-54-51-48-45-42-33-30-27-24-21-18-15-12-9-6-3)80-74(77)68-65-62-59-56-53-50-47-44-40-32-29-26-23-20-17-14-11-8-5-2/h8,11,17,20,22,25-26,29,31,34,36-37,40,44,71H,4-7,9-10,12-16,18-19,21,23-24,27-28,30,32-33,35,38-39,41-43,45-70H2,1-3H3/b11-8-,20-17-,25-22-,29-26-,34-31-,37-36-,44-40-. The normalized spacial score (nSPS) is 12.6. The lowest BCUT2D eigenvalue weighted by molar-refractivity contribution is -0.167. The number of hydrogen-bond donors (Lipinski definition) is 0. The first-order chi connectivity index (χ1) is 39.5. The van der Waals surface area contributed by atoms with Gasteiger partial charge in [0, 0.05) is 19.3 Å². The van der Waals surface area contributed by atoms with Crippen LogP contribution in [0.4, 0.5) is 0 Å². The van der Waals surface area contributed by atoms with Crippen LogP contribution in [0.1, 0.15) is 348 Å². The second-order valence-corrected chi connectivity index (χ2v) is 23.1. The molecule has 0 amide bonds. The fourth-order valence-electron chi connectivity index (χ4n) is 9.97. The zero-order chi connectivity index (χ0) is 57.8. The Labute approximate surface area is 496 Å². The molecule has 0 saturated carbocycles. The maximum Gasteiger partial charge on any atom is 0.306 e. The van der Waals surface area contributed by atoms with Crippen molar-refractivity contribution in [3.63, 3.8) is 0 Å². The largest absolute Gasteiger partial charge is 0.462 e. The third-order valence-corrected chi connectivity index (χ3v) is 15.1. The van der Waals surface area contributed by atoms with E-state index in [-0.39, 0.29) is 31.1 Å². The van der Waals surface area contributed by atoms with E-state index in [1.165, 1.54) is 199 Å². The van der Waals surface area contributed by atoms with Gasteiger partial charge in [0.05, 0.1) is 0 Å². The monoisotopic (exact) mass is 1110 g/mol. The summed E-state index contributed by atoms with van der Waals surface area (Å²) < 4.78 is 17.0. The molecule has 0 aromatic rings. The van der Waals surface area contributed by atoms with Crippen LogP contribution in [0.2, 0.25) is 0 Å². The van der Waals surface area contributed by atoms with Crippen LogP contribution in [0.3, 0.4) is 0 Å². The van der Waals surface area contributed by atoms with Gasteiger partial charge in [0.2, 0.25) is 0 Å². The lowest BCUT2D eigenvalue weighted by atomic mass is 10.0. The summed E-state index contributed by atoms with van der Waals surface area (Å²) in [6.45, 7) is 6.55. The van der Waals surface area contributed by atoms with Crippen LogP contribution in [0.5, 0.6) is 0 Å². The molecular formula is C74H130O6. The third kappa shape index (κ3) is 65.4. The Kier molecular flexibility index (Phi) is 65.2. The fourth-order valence-corrected chi connectivity index (χ4v) is 9.97. The summed E-state index contributed by atoms with van der Waals surface area (Å²) in [6.07, 6.45) is 90.2. The van der Waals surface area contributed by atoms with E-state index >= 15 is 0 Å². The average Bonchev–Trinajstić information content (AvgIpc) is 3.46. The van der Waals surface area contributed by atoms with Gasteiger partial charge < -0.3 is 14.2 Å². The molecule has 462 valence electrons. The van der Waals surface area contributed by atoms with E-state index < -0.39 is 6.10 Å². The molecule has 0 aliphatic carbocycles. The molecule has 6 heteroatoms. The predicted molar refractivity (Wildman–Crippen MR) is 348 cm³/mol. The van der Waals surface area contributed by atoms with Gasteiger partial charge in [0.25, 0.3) is 0 Å². The summed E-state index contributed by atoms with van der Waals surface area (Å²) in [5.41, 5.74) is 0. The van der Waals surface area contributed by atoms with Crippen molar-refractivity contribution < 1.29 is 28.6 Å². The molecule has 0 rings (SSSR count). The molecule has 80 heavy (non-hydrogen) atoms. The van der Waals surface area contributed by atoms with Gasteiger partial charge in [-0.05, 0) is 96.3 Å². The first kappa shape index (κ1) is 76.6. The summed E-state index contributed by atoms with van der Waals surface area (Å²) in [5, 5.41) is 0. The topological polar surface area (TPSA) is 78.9 Å². The van der Waals surface area contributed by atoms with E-state index in [4.69, 9.17) is 14.2 Å². The summed E-state index contributed by atoms with van der Waals surface area (Å²) in [7, 11) is 0. The smallest absolute Gasteiger partial charge is 0.306 e. The number of ether oxygens (including phenoxy) is 3. The van der Waals surface area contributed by atoms with Gasteiger partial charge in [0.1, 0.15) is 13.2 Å². The van der Waals surface area contributed by atoms with E-state index in [0.717, 1.165) is 109 Å². The molecule has 6 nitrogen and oxygen atoms in total. The fraction of sp³-hybridized carbons (Fsp3) is 0.770. The maximum absolute atomic E-state index is 12.9. The van der Waals surface area contributed by atoms with Crippen LogP contribution in [-0.4, -0.2) is 37.2 Å². The lowest BCUT2D eigenvalue weighted by Crippen LogP contribution is -2.30. The van der Waals surface area contributed by atoms with Gasteiger partial charge >= 0.3 is 17.9 Å². The Balaban J connectivity index is 4.37. The Bertz CT molecular complexity index is 1520. The Morgan fingerprint density at radius 2 is 0.487 bits per heavy atom. The number of hydrogen-bond acceptors (Lipinski definition) is 6. The van der Waals surface area contributed by atoms with E-state index in [1.54, 1.807) is 0 Å². The van der Waals surface area contributed by atoms with Gasteiger partial charge in [-0.15, -0.1) is 0 Å². The zero-order valence-electron chi connectivity index (χ0n) is 53.1. The van der Waals surface area contributed by atoms with Crippen molar-refractivity contribution in [3.05, 3.63) is 85.1 Å². The molecular weight excluding hydrogens is 985 g/mol. The minimum Gasteiger partial charge on any atom is -0.462 e. The molecule has 0 aliphatic heterocycles. The van der Waals surface area contributed by atoms with Crippen molar-refractivity contribution in [2.45, 2.75) is 354 Å². The minimum atomic E-state index is -0.787. The summed E-state index contributed by atoms with van der Waals surface area (Å²) in [6, 6.07) is 0. The molecule has 0 heterocycles. The van der Waals surface area contributed by atoms with Crippen LogP contribution in [-0.2, 0) is 28.6 Å². The van der Waals surface area contributed by atoms with E-state index in [2.05, 4.69) is 106 Å². The SMILES string of the molecule is CC/C=C\C/C=C\C/C=C\C/C=C\CCCCCCCCC(=O)OC(COC(=O)CCCCCCCCCCCC/C=C\C/C=C\C/C=C\CCCCCCC)COC(=O)CCCCCCCCCCCCCCCCCCCC. The summed E-state index contributed by atoms with van der Waals surface area (Å²) in [5.74, 6) is -0.880. The van der Waals surface area contributed by atoms with Crippen molar-refractivity contribution in [2.24, 2.45) is 0 Å². The van der Waals surface area contributed by atoms with Crippen molar-refractivity contribution in [1.29, 1.82) is 0 Å². The van der Waals surface area contributed by atoms with Gasteiger partial charge in [-0.3, -0.25) is 14.4 Å². The molecule has 0 aromatic carbocycles. The molecule has 0 saturated heterocycles. The molecule has 1 unspecified atom stereocenters. The second-order valence-electron chi connectivity index (χ2n) is 23.1. The van der Waals surface area contributed by atoms with Crippen LogP contribution < -0.4 is 0 Å². The van der Waals surface area contributed by atoms with Crippen molar-refractivity contribution in [2.75, 3.05) is 13.2 Å². The first-order valence-electron chi connectivity index (χ1n) is 34.6. The number of unbranched alkanes of at least 4 members (excludes halogenated alkanes) is 38. The number of esters is 3.